The zero-order valence-corrected chi connectivity index (χ0v) is 12.9. The Morgan fingerprint density at radius 2 is 1.67 bits per heavy atom. The lowest BCUT2D eigenvalue weighted by Crippen LogP contribution is -2.32. The Labute approximate surface area is 124 Å². The molecule has 0 saturated heterocycles. The number of hydrogen-bond donors (Lipinski definition) is 1. The summed E-state index contributed by atoms with van der Waals surface area (Å²) in [6.07, 6.45) is 0. The van der Waals surface area contributed by atoms with Crippen LogP contribution in [0.4, 0.5) is 4.39 Å². The van der Waals surface area contributed by atoms with Gasteiger partial charge < -0.3 is 10.3 Å². The molecule has 0 fully saturated rings. The molecule has 1 unspecified atom stereocenters. The molecule has 1 aromatic heterocycles. The quantitative estimate of drug-likeness (QED) is 0.923. The Kier molecular flexibility index (Phi) is 4.01. The molecule has 0 amide bonds. The number of aromatic nitrogens is 1. The second kappa shape index (κ2) is 5.45. The lowest BCUT2D eigenvalue weighted by molar-refractivity contribution is 0.528. The number of rotatable bonds is 2. The van der Waals surface area contributed by atoms with E-state index in [9.17, 15) is 9.18 Å². The second-order valence-electron chi connectivity index (χ2n) is 6.32. The van der Waals surface area contributed by atoms with Crippen LogP contribution in [-0.4, -0.2) is 4.57 Å². The highest BCUT2D eigenvalue weighted by molar-refractivity contribution is 5.32. The zero-order valence-electron chi connectivity index (χ0n) is 12.9. The van der Waals surface area contributed by atoms with Gasteiger partial charge >= 0.3 is 0 Å². The SMILES string of the molecule is Cn1c(C(C)(C)C)ccc(C(N)c2ccc(F)cc2)c1=O. The largest absolute Gasteiger partial charge is 0.320 e. The van der Waals surface area contributed by atoms with E-state index >= 15 is 0 Å². The predicted molar refractivity (Wildman–Crippen MR) is 82.8 cm³/mol. The summed E-state index contributed by atoms with van der Waals surface area (Å²) in [6.45, 7) is 6.17. The first-order valence-electron chi connectivity index (χ1n) is 6.93. The number of benzene rings is 1. The Morgan fingerprint density at radius 1 is 1.10 bits per heavy atom. The first-order chi connectivity index (χ1) is 9.71. The summed E-state index contributed by atoms with van der Waals surface area (Å²) in [7, 11) is 1.75. The molecule has 2 rings (SSSR count). The van der Waals surface area contributed by atoms with E-state index in [2.05, 4.69) is 20.8 Å². The highest BCUT2D eigenvalue weighted by Gasteiger charge is 2.20. The van der Waals surface area contributed by atoms with Crippen LogP contribution in [0.3, 0.4) is 0 Å². The molecule has 0 aliphatic carbocycles. The summed E-state index contributed by atoms with van der Waals surface area (Å²) in [6, 6.07) is 9.07. The lowest BCUT2D eigenvalue weighted by Gasteiger charge is -2.23. The maximum atomic E-state index is 13.0. The Balaban J connectivity index is 2.48. The Morgan fingerprint density at radius 3 is 2.19 bits per heavy atom. The summed E-state index contributed by atoms with van der Waals surface area (Å²) in [5.74, 6) is -0.318. The Bertz CT molecular complexity index is 696. The lowest BCUT2D eigenvalue weighted by atomic mass is 9.90. The number of halogens is 1. The first kappa shape index (κ1) is 15.4. The van der Waals surface area contributed by atoms with Crippen LogP contribution in [0, 0.1) is 5.82 Å². The van der Waals surface area contributed by atoms with Gasteiger partial charge in [0.15, 0.2) is 0 Å². The van der Waals surface area contributed by atoms with Gasteiger partial charge in [0.05, 0.1) is 6.04 Å². The summed E-state index contributed by atoms with van der Waals surface area (Å²) in [5, 5.41) is 0. The van der Waals surface area contributed by atoms with E-state index in [1.54, 1.807) is 29.8 Å². The van der Waals surface area contributed by atoms with Gasteiger partial charge in [-0.2, -0.15) is 0 Å². The Hall–Kier alpha value is -1.94. The van der Waals surface area contributed by atoms with Crippen LogP contribution in [-0.2, 0) is 12.5 Å². The third-order valence-corrected chi connectivity index (χ3v) is 3.67. The predicted octanol–water partition coefficient (Wildman–Crippen LogP) is 2.87. The fourth-order valence-corrected chi connectivity index (χ4v) is 2.49. The molecule has 2 aromatic rings. The summed E-state index contributed by atoms with van der Waals surface area (Å²) < 4.78 is 14.6. The van der Waals surface area contributed by atoms with Crippen molar-refractivity contribution < 1.29 is 4.39 Å². The first-order valence-corrected chi connectivity index (χ1v) is 6.93. The van der Waals surface area contributed by atoms with Gasteiger partial charge in [0.25, 0.3) is 5.56 Å². The van der Waals surface area contributed by atoms with Crippen molar-refractivity contribution in [1.82, 2.24) is 4.57 Å². The van der Waals surface area contributed by atoms with Crippen molar-refractivity contribution in [3.63, 3.8) is 0 Å². The summed E-state index contributed by atoms with van der Waals surface area (Å²) >= 11 is 0. The minimum absolute atomic E-state index is 0.112. The molecule has 0 bridgehead atoms. The fraction of sp³-hybridized carbons (Fsp3) is 0.353. The average molecular weight is 288 g/mol. The summed E-state index contributed by atoms with van der Waals surface area (Å²) in [5.41, 5.74) is 8.11. The van der Waals surface area contributed by atoms with E-state index in [4.69, 9.17) is 5.73 Å². The highest BCUT2D eigenvalue weighted by Crippen LogP contribution is 2.23. The monoisotopic (exact) mass is 288 g/mol. The molecular weight excluding hydrogens is 267 g/mol. The van der Waals surface area contributed by atoms with Crippen molar-refractivity contribution in [3.05, 3.63) is 69.4 Å². The molecule has 2 N–H and O–H groups in total. The molecule has 0 aliphatic heterocycles. The topological polar surface area (TPSA) is 48.0 Å². The van der Waals surface area contributed by atoms with Crippen molar-refractivity contribution in [3.8, 4) is 0 Å². The van der Waals surface area contributed by atoms with Crippen LogP contribution in [0.15, 0.2) is 41.2 Å². The van der Waals surface area contributed by atoms with Crippen LogP contribution in [0.2, 0.25) is 0 Å². The molecule has 0 radical (unpaired) electrons. The van der Waals surface area contributed by atoms with Gasteiger partial charge in [0.1, 0.15) is 5.82 Å². The van der Waals surface area contributed by atoms with Crippen LogP contribution in [0.1, 0.15) is 43.6 Å². The van der Waals surface area contributed by atoms with E-state index in [0.717, 1.165) is 11.3 Å². The van der Waals surface area contributed by atoms with Gasteiger partial charge in [0.2, 0.25) is 0 Å². The number of pyridine rings is 1. The molecular formula is C17H21FN2O. The molecule has 4 heteroatoms. The highest BCUT2D eigenvalue weighted by atomic mass is 19.1. The van der Waals surface area contributed by atoms with E-state index < -0.39 is 6.04 Å². The van der Waals surface area contributed by atoms with Gasteiger partial charge in [-0.3, -0.25) is 4.79 Å². The molecule has 0 spiro atoms. The van der Waals surface area contributed by atoms with Crippen LogP contribution in [0.5, 0.6) is 0 Å². The molecule has 21 heavy (non-hydrogen) atoms. The van der Waals surface area contributed by atoms with Crippen LogP contribution < -0.4 is 11.3 Å². The van der Waals surface area contributed by atoms with Gasteiger partial charge in [0, 0.05) is 23.7 Å². The van der Waals surface area contributed by atoms with Gasteiger partial charge in [-0.15, -0.1) is 0 Å². The maximum Gasteiger partial charge on any atom is 0.255 e. The van der Waals surface area contributed by atoms with Gasteiger partial charge in [-0.1, -0.05) is 32.9 Å². The smallest absolute Gasteiger partial charge is 0.255 e. The van der Waals surface area contributed by atoms with Gasteiger partial charge in [-0.25, -0.2) is 4.39 Å². The third-order valence-electron chi connectivity index (χ3n) is 3.67. The van der Waals surface area contributed by atoms with Crippen LogP contribution >= 0.6 is 0 Å². The molecule has 112 valence electrons. The van der Waals surface area contributed by atoms with E-state index in [0.29, 0.717) is 5.56 Å². The molecule has 1 atom stereocenters. The van der Waals surface area contributed by atoms with Crippen molar-refractivity contribution >= 4 is 0 Å². The van der Waals surface area contributed by atoms with Gasteiger partial charge in [-0.05, 0) is 29.8 Å². The standard InChI is InChI=1S/C17H21FN2O/c1-17(2,3)14-10-9-13(16(21)20(14)4)15(19)11-5-7-12(18)8-6-11/h5-10,15H,19H2,1-4H3. The van der Waals surface area contributed by atoms with E-state index in [1.165, 1.54) is 12.1 Å². The van der Waals surface area contributed by atoms with Crippen molar-refractivity contribution in [2.24, 2.45) is 12.8 Å². The van der Waals surface area contributed by atoms with Crippen molar-refractivity contribution in [1.29, 1.82) is 0 Å². The average Bonchev–Trinajstić information content (AvgIpc) is 2.40. The summed E-state index contributed by atoms with van der Waals surface area (Å²) in [4.78, 5) is 12.5. The third kappa shape index (κ3) is 3.05. The maximum absolute atomic E-state index is 13.0. The normalized spacial score (nSPS) is 13.2. The number of hydrogen-bond acceptors (Lipinski definition) is 2. The number of nitrogens with zero attached hydrogens (tertiary/aromatic N) is 1. The second-order valence-corrected chi connectivity index (χ2v) is 6.32. The van der Waals surface area contributed by atoms with Crippen LogP contribution in [0.25, 0.3) is 0 Å². The van der Waals surface area contributed by atoms with Crippen molar-refractivity contribution in [2.45, 2.75) is 32.2 Å². The minimum Gasteiger partial charge on any atom is -0.320 e. The fourth-order valence-electron chi connectivity index (χ4n) is 2.49. The zero-order chi connectivity index (χ0) is 15.8. The molecule has 1 aromatic carbocycles. The molecule has 1 heterocycles. The van der Waals surface area contributed by atoms with Crippen molar-refractivity contribution in [2.75, 3.05) is 0 Å². The van der Waals surface area contributed by atoms with E-state index in [1.807, 2.05) is 6.07 Å². The van der Waals surface area contributed by atoms with E-state index in [-0.39, 0.29) is 16.8 Å². The molecule has 3 nitrogen and oxygen atoms in total. The molecule has 0 aliphatic rings. The minimum atomic E-state index is -0.557. The molecule has 0 saturated carbocycles. The number of nitrogens with two attached hydrogens (primary N) is 1.